The van der Waals surface area contributed by atoms with Gasteiger partial charge < -0.3 is 0 Å². The second kappa shape index (κ2) is 5.01. The SMILES string of the molecule is CC1(C(=O)c2ccc(F)c3ccccc23)CCCCC1. The van der Waals surface area contributed by atoms with Crippen molar-refractivity contribution in [2.45, 2.75) is 39.0 Å². The van der Waals surface area contributed by atoms with Crippen LogP contribution in [0.5, 0.6) is 0 Å². The summed E-state index contributed by atoms with van der Waals surface area (Å²) in [5.41, 5.74) is 0.394. The molecule has 1 fully saturated rings. The molecule has 2 heteroatoms. The van der Waals surface area contributed by atoms with Crippen LogP contribution in [0.25, 0.3) is 10.8 Å². The minimum absolute atomic E-state index is 0.174. The molecule has 0 spiro atoms. The van der Waals surface area contributed by atoms with Crippen molar-refractivity contribution in [2.24, 2.45) is 5.41 Å². The molecule has 104 valence electrons. The Morgan fingerprint density at radius 3 is 2.35 bits per heavy atom. The van der Waals surface area contributed by atoms with E-state index in [1.807, 2.05) is 18.2 Å². The van der Waals surface area contributed by atoms with Gasteiger partial charge in [-0.2, -0.15) is 0 Å². The Bertz CT molecular complexity index is 654. The van der Waals surface area contributed by atoms with Gasteiger partial charge in [-0.05, 0) is 30.4 Å². The lowest BCUT2D eigenvalue weighted by atomic mass is 9.70. The predicted octanol–water partition coefficient (Wildman–Crippen LogP) is 5.13. The minimum atomic E-state index is -0.279. The number of hydrogen-bond acceptors (Lipinski definition) is 1. The molecule has 20 heavy (non-hydrogen) atoms. The average Bonchev–Trinajstić information content (AvgIpc) is 2.48. The monoisotopic (exact) mass is 270 g/mol. The summed E-state index contributed by atoms with van der Waals surface area (Å²) in [6, 6.07) is 10.3. The number of carbonyl (C=O) groups is 1. The summed E-state index contributed by atoms with van der Waals surface area (Å²) in [7, 11) is 0. The van der Waals surface area contributed by atoms with E-state index in [1.54, 1.807) is 12.1 Å². The number of Topliss-reactive ketones (excluding diaryl/α,β-unsaturated/α-hetero) is 1. The Morgan fingerprint density at radius 2 is 1.65 bits per heavy atom. The van der Waals surface area contributed by atoms with Gasteiger partial charge in [0.15, 0.2) is 5.78 Å². The number of fused-ring (bicyclic) bond motifs is 1. The Labute approximate surface area is 118 Å². The zero-order valence-corrected chi connectivity index (χ0v) is 11.8. The van der Waals surface area contributed by atoms with Crippen molar-refractivity contribution in [3.63, 3.8) is 0 Å². The Kier molecular flexibility index (Phi) is 3.33. The van der Waals surface area contributed by atoms with Crippen LogP contribution in [-0.2, 0) is 0 Å². The highest BCUT2D eigenvalue weighted by molar-refractivity contribution is 6.10. The summed E-state index contributed by atoms with van der Waals surface area (Å²) >= 11 is 0. The molecule has 2 aromatic rings. The van der Waals surface area contributed by atoms with Gasteiger partial charge in [-0.3, -0.25) is 4.79 Å². The first-order valence-electron chi connectivity index (χ1n) is 7.34. The summed E-state index contributed by atoms with van der Waals surface area (Å²) in [6.45, 7) is 2.06. The third kappa shape index (κ3) is 2.13. The van der Waals surface area contributed by atoms with Gasteiger partial charge in [-0.25, -0.2) is 4.39 Å². The molecule has 1 aliphatic rings. The first-order valence-corrected chi connectivity index (χ1v) is 7.34. The molecule has 0 aromatic heterocycles. The first kappa shape index (κ1) is 13.3. The van der Waals surface area contributed by atoms with Crippen molar-refractivity contribution in [1.82, 2.24) is 0 Å². The van der Waals surface area contributed by atoms with E-state index >= 15 is 0 Å². The zero-order chi connectivity index (χ0) is 14.2. The smallest absolute Gasteiger partial charge is 0.169 e. The molecule has 2 aromatic carbocycles. The lowest BCUT2D eigenvalue weighted by molar-refractivity contribution is 0.0751. The van der Waals surface area contributed by atoms with E-state index in [0.717, 1.165) is 31.1 Å². The summed E-state index contributed by atoms with van der Waals surface area (Å²) < 4.78 is 13.9. The van der Waals surface area contributed by atoms with Gasteiger partial charge in [-0.15, -0.1) is 0 Å². The molecule has 0 atom stereocenters. The number of rotatable bonds is 2. The highest BCUT2D eigenvalue weighted by Gasteiger charge is 2.35. The fourth-order valence-electron chi connectivity index (χ4n) is 3.34. The third-order valence-corrected chi connectivity index (χ3v) is 4.62. The van der Waals surface area contributed by atoms with E-state index in [0.29, 0.717) is 10.9 Å². The molecule has 0 N–H and O–H groups in total. The maximum Gasteiger partial charge on any atom is 0.169 e. The lowest BCUT2D eigenvalue weighted by Crippen LogP contribution is -2.30. The molecule has 1 saturated carbocycles. The van der Waals surface area contributed by atoms with Crippen LogP contribution in [0.1, 0.15) is 49.4 Å². The van der Waals surface area contributed by atoms with E-state index in [1.165, 1.54) is 12.5 Å². The molecule has 1 nitrogen and oxygen atoms in total. The van der Waals surface area contributed by atoms with Gasteiger partial charge in [0.25, 0.3) is 0 Å². The van der Waals surface area contributed by atoms with Crippen LogP contribution in [-0.4, -0.2) is 5.78 Å². The molecule has 0 saturated heterocycles. The molecule has 3 rings (SSSR count). The largest absolute Gasteiger partial charge is 0.294 e. The van der Waals surface area contributed by atoms with E-state index in [2.05, 4.69) is 6.92 Å². The molecular formula is C18H19FO. The van der Waals surface area contributed by atoms with Crippen LogP contribution in [0.15, 0.2) is 36.4 Å². The standard InChI is InChI=1S/C18H19FO/c1-18(11-5-2-6-12-18)17(20)15-9-10-16(19)14-8-4-3-7-13(14)15/h3-4,7-10H,2,5-6,11-12H2,1H3. The quantitative estimate of drug-likeness (QED) is 0.691. The van der Waals surface area contributed by atoms with Crippen molar-refractivity contribution in [3.05, 3.63) is 47.8 Å². The van der Waals surface area contributed by atoms with E-state index < -0.39 is 0 Å². The fraction of sp³-hybridized carbons (Fsp3) is 0.389. The van der Waals surface area contributed by atoms with Crippen LogP contribution >= 0.6 is 0 Å². The van der Waals surface area contributed by atoms with Crippen LogP contribution < -0.4 is 0 Å². The van der Waals surface area contributed by atoms with Gasteiger partial charge in [0.1, 0.15) is 5.82 Å². The van der Waals surface area contributed by atoms with Gasteiger partial charge in [0.2, 0.25) is 0 Å². The average molecular weight is 270 g/mol. The highest BCUT2D eigenvalue weighted by atomic mass is 19.1. The van der Waals surface area contributed by atoms with E-state index in [4.69, 9.17) is 0 Å². The van der Waals surface area contributed by atoms with Gasteiger partial charge in [-0.1, -0.05) is 50.5 Å². The Morgan fingerprint density at radius 1 is 1.00 bits per heavy atom. The van der Waals surface area contributed by atoms with Crippen molar-refractivity contribution in [1.29, 1.82) is 0 Å². The van der Waals surface area contributed by atoms with Crippen molar-refractivity contribution < 1.29 is 9.18 Å². The molecule has 0 bridgehead atoms. The Balaban J connectivity index is 2.10. The second-order valence-electron chi connectivity index (χ2n) is 6.09. The van der Waals surface area contributed by atoms with Crippen LogP contribution in [0, 0.1) is 11.2 Å². The second-order valence-corrected chi connectivity index (χ2v) is 6.09. The summed E-state index contributed by atoms with van der Waals surface area (Å²) in [5.74, 6) is -0.0839. The zero-order valence-electron chi connectivity index (χ0n) is 11.8. The highest BCUT2D eigenvalue weighted by Crippen LogP contribution is 2.40. The molecule has 0 unspecified atom stereocenters. The predicted molar refractivity (Wildman–Crippen MR) is 79.4 cm³/mol. The number of hydrogen-bond donors (Lipinski definition) is 0. The number of ketones is 1. The maximum absolute atomic E-state index is 13.9. The number of carbonyl (C=O) groups excluding carboxylic acids is 1. The summed E-state index contributed by atoms with van der Waals surface area (Å²) in [4.78, 5) is 12.9. The maximum atomic E-state index is 13.9. The third-order valence-electron chi connectivity index (χ3n) is 4.62. The van der Waals surface area contributed by atoms with Crippen LogP contribution in [0.3, 0.4) is 0 Å². The van der Waals surface area contributed by atoms with Gasteiger partial charge >= 0.3 is 0 Å². The number of halogens is 1. The van der Waals surface area contributed by atoms with Crippen molar-refractivity contribution in [3.8, 4) is 0 Å². The molecular weight excluding hydrogens is 251 g/mol. The van der Waals surface area contributed by atoms with Crippen molar-refractivity contribution >= 4 is 16.6 Å². The van der Waals surface area contributed by atoms with E-state index in [-0.39, 0.29) is 17.0 Å². The molecule has 0 aliphatic heterocycles. The van der Waals surface area contributed by atoms with E-state index in [9.17, 15) is 9.18 Å². The van der Waals surface area contributed by atoms with Crippen LogP contribution in [0.2, 0.25) is 0 Å². The van der Waals surface area contributed by atoms with Gasteiger partial charge in [0, 0.05) is 16.4 Å². The molecule has 0 radical (unpaired) electrons. The molecule has 1 aliphatic carbocycles. The molecule has 0 heterocycles. The topological polar surface area (TPSA) is 17.1 Å². The van der Waals surface area contributed by atoms with Crippen LogP contribution in [0.4, 0.5) is 4.39 Å². The number of benzene rings is 2. The minimum Gasteiger partial charge on any atom is -0.294 e. The van der Waals surface area contributed by atoms with Gasteiger partial charge in [0.05, 0.1) is 0 Å². The summed E-state index contributed by atoms with van der Waals surface area (Å²) in [6.07, 6.45) is 5.32. The summed E-state index contributed by atoms with van der Waals surface area (Å²) in [5, 5.41) is 1.28. The fourth-order valence-corrected chi connectivity index (χ4v) is 3.34. The Hall–Kier alpha value is -1.70. The lowest BCUT2D eigenvalue weighted by Gasteiger charge is -2.32. The molecule has 0 amide bonds. The first-order chi connectivity index (χ1) is 9.62. The van der Waals surface area contributed by atoms with Crippen molar-refractivity contribution in [2.75, 3.05) is 0 Å². The normalized spacial score (nSPS) is 18.1.